The second-order valence-electron chi connectivity index (χ2n) is 7.69. The quantitative estimate of drug-likeness (QED) is 0.740. The molecule has 8 heteroatoms. The van der Waals surface area contributed by atoms with Crippen LogP contribution < -0.4 is 10.9 Å². The summed E-state index contributed by atoms with van der Waals surface area (Å²) in [6, 6.07) is 7.24. The molecule has 0 saturated heterocycles. The van der Waals surface area contributed by atoms with Gasteiger partial charge in [0.05, 0.1) is 17.2 Å². The molecule has 1 unspecified atom stereocenters. The fraction of sp³-hybridized carbons (Fsp3) is 0.450. The number of amides is 1. The molecule has 1 aliphatic carbocycles. The Morgan fingerprint density at radius 3 is 2.86 bits per heavy atom. The Labute approximate surface area is 161 Å². The van der Waals surface area contributed by atoms with E-state index in [-0.39, 0.29) is 24.1 Å². The van der Waals surface area contributed by atoms with E-state index in [0.29, 0.717) is 16.8 Å². The van der Waals surface area contributed by atoms with E-state index in [1.165, 1.54) is 23.7 Å². The Kier molecular flexibility index (Phi) is 4.18. The van der Waals surface area contributed by atoms with Gasteiger partial charge in [-0.3, -0.25) is 14.2 Å². The number of carbonyl (C=O) groups is 1. The van der Waals surface area contributed by atoms with Crippen molar-refractivity contribution in [3.05, 3.63) is 52.6 Å². The topological polar surface area (TPSA) is 94.7 Å². The van der Waals surface area contributed by atoms with Crippen molar-refractivity contribution >= 4 is 16.8 Å². The molecule has 1 fully saturated rings. The molecule has 1 saturated carbocycles. The first-order valence-corrected chi connectivity index (χ1v) is 9.84. The molecule has 144 valence electrons. The minimum Gasteiger partial charge on any atom is -0.352 e. The number of nitrogens with one attached hydrogen (secondary N) is 1. The van der Waals surface area contributed by atoms with Crippen molar-refractivity contribution < 1.29 is 4.79 Å². The summed E-state index contributed by atoms with van der Waals surface area (Å²) < 4.78 is 3.61. The lowest BCUT2D eigenvalue weighted by Gasteiger charge is -2.16. The van der Waals surface area contributed by atoms with Crippen molar-refractivity contribution in [1.29, 1.82) is 0 Å². The Morgan fingerprint density at radius 2 is 2.00 bits per heavy atom. The second-order valence-corrected chi connectivity index (χ2v) is 7.69. The molecule has 0 radical (unpaired) electrons. The van der Waals surface area contributed by atoms with Crippen LogP contribution in [0.1, 0.15) is 43.3 Å². The summed E-state index contributed by atoms with van der Waals surface area (Å²) in [5, 5.41) is 12.3. The number of aryl methyl sites for hydroxylation is 1. The zero-order valence-corrected chi connectivity index (χ0v) is 15.5. The highest BCUT2D eigenvalue weighted by molar-refractivity contribution is 5.79. The second kappa shape index (κ2) is 6.85. The third kappa shape index (κ3) is 3.19. The molecule has 5 rings (SSSR count). The molecule has 0 bridgehead atoms. The van der Waals surface area contributed by atoms with E-state index in [2.05, 4.69) is 25.1 Å². The average Bonchev–Trinajstić information content (AvgIpc) is 3.50. The fourth-order valence-electron chi connectivity index (χ4n) is 3.94. The lowest BCUT2D eigenvalue weighted by atomic mass is 10.1. The maximum Gasteiger partial charge on any atom is 0.261 e. The van der Waals surface area contributed by atoms with Crippen LogP contribution in [0.2, 0.25) is 0 Å². The van der Waals surface area contributed by atoms with E-state index in [9.17, 15) is 9.59 Å². The predicted molar refractivity (Wildman–Crippen MR) is 103 cm³/mol. The summed E-state index contributed by atoms with van der Waals surface area (Å²) in [7, 11) is 0. The van der Waals surface area contributed by atoms with E-state index in [1.54, 1.807) is 18.2 Å². The fourth-order valence-corrected chi connectivity index (χ4v) is 3.94. The van der Waals surface area contributed by atoms with Gasteiger partial charge >= 0.3 is 0 Å². The number of aromatic nitrogens is 5. The molecule has 1 atom stereocenters. The average molecular weight is 378 g/mol. The number of benzene rings is 1. The molecule has 3 aromatic rings. The molecule has 1 N–H and O–H groups in total. The van der Waals surface area contributed by atoms with Gasteiger partial charge in [0.25, 0.3) is 5.56 Å². The summed E-state index contributed by atoms with van der Waals surface area (Å²) >= 11 is 0. The Bertz CT molecular complexity index is 1100. The third-order valence-electron chi connectivity index (χ3n) is 5.63. The minimum atomic E-state index is -0.193. The lowest BCUT2D eigenvalue weighted by molar-refractivity contribution is -0.122. The molecule has 8 nitrogen and oxygen atoms in total. The molecule has 1 amide bonds. The van der Waals surface area contributed by atoms with Gasteiger partial charge in [-0.1, -0.05) is 12.1 Å². The van der Waals surface area contributed by atoms with Crippen LogP contribution in [0, 0.1) is 0 Å². The normalized spacial score (nSPS) is 19.2. The Hall–Kier alpha value is -3.03. The SMILES string of the molecule is O=C(Cn1cnc2ccccc2c1=O)NC1CCc2nnc(C3CC3)n2CC1. The monoisotopic (exact) mass is 378 g/mol. The van der Waals surface area contributed by atoms with Crippen LogP contribution in [0.25, 0.3) is 10.9 Å². The molecule has 2 aromatic heterocycles. The van der Waals surface area contributed by atoms with Crippen molar-refractivity contribution in [1.82, 2.24) is 29.6 Å². The van der Waals surface area contributed by atoms with Crippen molar-refractivity contribution in [2.45, 2.75) is 57.2 Å². The minimum absolute atomic E-state index is 0.0212. The summed E-state index contributed by atoms with van der Waals surface area (Å²) in [4.78, 5) is 29.4. The molecule has 1 aliphatic heterocycles. The van der Waals surface area contributed by atoms with Gasteiger partial charge in [0.1, 0.15) is 18.2 Å². The van der Waals surface area contributed by atoms with Gasteiger partial charge < -0.3 is 9.88 Å². The summed E-state index contributed by atoms with van der Waals surface area (Å²) in [5.74, 6) is 2.54. The van der Waals surface area contributed by atoms with E-state index < -0.39 is 0 Å². The number of hydrogen-bond donors (Lipinski definition) is 1. The smallest absolute Gasteiger partial charge is 0.261 e. The van der Waals surface area contributed by atoms with E-state index >= 15 is 0 Å². The molecule has 1 aromatic carbocycles. The number of nitrogens with zero attached hydrogens (tertiary/aromatic N) is 5. The van der Waals surface area contributed by atoms with Crippen LogP contribution in [-0.4, -0.2) is 36.3 Å². The van der Waals surface area contributed by atoms with E-state index in [4.69, 9.17) is 0 Å². The van der Waals surface area contributed by atoms with Gasteiger partial charge in [-0.15, -0.1) is 10.2 Å². The highest BCUT2D eigenvalue weighted by Crippen LogP contribution is 2.39. The van der Waals surface area contributed by atoms with Crippen LogP contribution in [0.3, 0.4) is 0 Å². The van der Waals surface area contributed by atoms with Crippen LogP contribution in [0.4, 0.5) is 0 Å². The largest absolute Gasteiger partial charge is 0.352 e. The zero-order valence-electron chi connectivity index (χ0n) is 15.5. The molecule has 3 heterocycles. The van der Waals surface area contributed by atoms with Crippen molar-refractivity contribution in [3.63, 3.8) is 0 Å². The summed E-state index contributed by atoms with van der Waals surface area (Å²) in [6.45, 7) is 0.809. The lowest BCUT2D eigenvalue weighted by Crippen LogP contribution is -2.39. The predicted octanol–water partition coefficient (Wildman–Crippen LogP) is 1.39. The maximum atomic E-state index is 12.6. The van der Waals surface area contributed by atoms with Crippen LogP contribution in [0.5, 0.6) is 0 Å². The first kappa shape index (κ1) is 17.1. The number of para-hydroxylation sites is 1. The molecule has 0 spiro atoms. The van der Waals surface area contributed by atoms with E-state index in [0.717, 1.165) is 37.5 Å². The van der Waals surface area contributed by atoms with Gasteiger partial charge in [0, 0.05) is 24.9 Å². The van der Waals surface area contributed by atoms with Crippen molar-refractivity contribution in [3.8, 4) is 0 Å². The molecule has 2 aliphatic rings. The van der Waals surface area contributed by atoms with Crippen LogP contribution >= 0.6 is 0 Å². The molecular weight excluding hydrogens is 356 g/mol. The zero-order chi connectivity index (χ0) is 19.1. The van der Waals surface area contributed by atoms with E-state index in [1.807, 2.05) is 6.07 Å². The standard InChI is InChI=1S/C20H22N6O2/c27-18(11-25-12-21-16-4-2-1-3-15(16)20(25)28)22-14-7-8-17-23-24-19(13-5-6-13)26(17)10-9-14/h1-4,12-14H,5-11H2,(H,22,27). The highest BCUT2D eigenvalue weighted by Gasteiger charge is 2.31. The van der Waals surface area contributed by atoms with Crippen molar-refractivity contribution in [2.75, 3.05) is 0 Å². The summed E-state index contributed by atoms with van der Waals surface area (Å²) in [5.41, 5.74) is 0.448. The first-order chi connectivity index (χ1) is 13.7. The van der Waals surface area contributed by atoms with Gasteiger partial charge in [-0.05, 0) is 37.8 Å². The van der Waals surface area contributed by atoms with Crippen molar-refractivity contribution in [2.24, 2.45) is 0 Å². The number of rotatable bonds is 4. The first-order valence-electron chi connectivity index (χ1n) is 9.84. The number of carbonyl (C=O) groups excluding carboxylic acids is 1. The van der Waals surface area contributed by atoms with Gasteiger partial charge in [0.2, 0.25) is 5.91 Å². The van der Waals surface area contributed by atoms with Gasteiger partial charge in [-0.2, -0.15) is 0 Å². The van der Waals surface area contributed by atoms with Gasteiger partial charge in [-0.25, -0.2) is 4.98 Å². The van der Waals surface area contributed by atoms with Crippen LogP contribution in [0.15, 0.2) is 35.4 Å². The van der Waals surface area contributed by atoms with Crippen LogP contribution in [-0.2, 0) is 24.3 Å². The molecular formula is C20H22N6O2. The highest BCUT2D eigenvalue weighted by atomic mass is 16.2. The maximum absolute atomic E-state index is 12.6. The number of fused-ring (bicyclic) bond motifs is 2. The summed E-state index contributed by atoms with van der Waals surface area (Å²) in [6.07, 6.45) is 6.34. The number of hydrogen-bond acceptors (Lipinski definition) is 5. The third-order valence-corrected chi connectivity index (χ3v) is 5.63. The Morgan fingerprint density at radius 1 is 1.14 bits per heavy atom. The van der Waals surface area contributed by atoms with Gasteiger partial charge in [0.15, 0.2) is 0 Å². The Balaban J connectivity index is 1.25. The molecule has 28 heavy (non-hydrogen) atoms.